The van der Waals surface area contributed by atoms with Gasteiger partial charge >= 0.3 is 0 Å². The van der Waals surface area contributed by atoms with Crippen molar-refractivity contribution in [2.24, 2.45) is 0 Å². The molecule has 0 radical (unpaired) electrons. The smallest absolute Gasteiger partial charge is 0.226 e. The Bertz CT molecular complexity index is 893. The molecule has 1 amide bonds. The quantitative estimate of drug-likeness (QED) is 0.648. The van der Waals surface area contributed by atoms with Gasteiger partial charge in [0.2, 0.25) is 11.8 Å². The highest BCUT2D eigenvalue weighted by Gasteiger charge is 2.07. The van der Waals surface area contributed by atoms with Crippen molar-refractivity contribution in [3.63, 3.8) is 0 Å². The van der Waals surface area contributed by atoms with Crippen LogP contribution in [0.5, 0.6) is 5.75 Å². The van der Waals surface area contributed by atoms with Gasteiger partial charge in [0, 0.05) is 24.6 Å². The summed E-state index contributed by atoms with van der Waals surface area (Å²) in [6, 6.07) is 13.3. The van der Waals surface area contributed by atoms with E-state index in [1.165, 1.54) is 12.1 Å². The second-order valence-corrected chi connectivity index (χ2v) is 6.08. The predicted molar refractivity (Wildman–Crippen MR) is 97.8 cm³/mol. The number of rotatable bonds is 8. The van der Waals surface area contributed by atoms with E-state index in [2.05, 4.69) is 15.5 Å². The minimum atomic E-state index is -0.280. The van der Waals surface area contributed by atoms with Crippen LogP contribution in [0.4, 0.5) is 10.1 Å². The maximum Gasteiger partial charge on any atom is 0.226 e. The zero-order valence-electron chi connectivity index (χ0n) is 14.9. The summed E-state index contributed by atoms with van der Waals surface area (Å²) in [4.78, 5) is 16.2. The van der Waals surface area contributed by atoms with E-state index >= 15 is 0 Å². The molecule has 0 atom stereocenters. The summed E-state index contributed by atoms with van der Waals surface area (Å²) >= 11 is 0. The van der Waals surface area contributed by atoms with E-state index in [9.17, 15) is 9.18 Å². The molecule has 0 saturated carbocycles. The Morgan fingerprint density at radius 3 is 2.78 bits per heavy atom. The van der Waals surface area contributed by atoms with Crippen LogP contribution >= 0.6 is 0 Å². The van der Waals surface area contributed by atoms with Crippen LogP contribution in [0.3, 0.4) is 0 Å². The molecular formula is C20H20FN3O3. The molecule has 3 rings (SSSR count). The van der Waals surface area contributed by atoms with Crippen molar-refractivity contribution < 1.29 is 18.4 Å². The van der Waals surface area contributed by atoms with E-state index in [0.29, 0.717) is 49.0 Å². The van der Waals surface area contributed by atoms with E-state index in [-0.39, 0.29) is 11.7 Å². The summed E-state index contributed by atoms with van der Waals surface area (Å²) in [6.07, 6.45) is 1.53. The van der Waals surface area contributed by atoms with Crippen LogP contribution in [0.15, 0.2) is 53.1 Å². The fourth-order valence-electron chi connectivity index (χ4n) is 2.48. The first-order valence-electron chi connectivity index (χ1n) is 8.65. The largest absolute Gasteiger partial charge is 0.489 e. The molecule has 3 aromatic rings. The number of benzene rings is 2. The third-order valence-corrected chi connectivity index (χ3v) is 3.80. The van der Waals surface area contributed by atoms with Gasteiger partial charge in [-0.25, -0.2) is 4.39 Å². The first-order valence-corrected chi connectivity index (χ1v) is 8.65. The third kappa shape index (κ3) is 5.91. The Hall–Kier alpha value is -3.22. The van der Waals surface area contributed by atoms with Gasteiger partial charge in [0.1, 0.15) is 18.2 Å². The van der Waals surface area contributed by atoms with E-state index in [0.717, 1.165) is 5.56 Å². The van der Waals surface area contributed by atoms with Crippen LogP contribution in [0.2, 0.25) is 0 Å². The molecule has 1 heterocycles. The number of ether oxygens (including phenoxy) is 1. The van der Waals surface area contributed by atoms with Crippen LogP contribution in [-0.2, 0) is 17.8 Å². The number of carbonyl (C=O) groups is 1. The number of nitrogens with one attached hydrogen (secondary N) is 1. The number of halogens is 1. The summed E-state index contributed by atoms with van der Waals surface area (Å²) < 4.78 is 23.6. The minimum Gasteiger partial charge on any atom is -0.489 e. The number of hydrogen-bond donors (Lipinski definition) is 1. The van der Waals surface area contributed by atoms with Crippen molar-refractivity contribution in [3.8, 4) is 5.75 Å². The number of aromatic nitrogens is 2. The highest BCUT2D eigenvalue weighted by molar-refractivity contribution is 5.90. The molecule has 140 valence electrons. The minimum absolute atomic E-state index is 0.0954. The second kappa shape index (κ2) is 8.93. The topological polar surface area (TPSA) is 77.2 Å². The molecule has 2 aromatic carbocycles. The lowest BCUT2D eigenvalue weighted by molar-refractivity contribution is -0.116. The van der Waals surface area contributed by atoms with Gasteiger partial charge in [-0.3, -0.25) is 4.79 Å². The Morgan fingerprint density at radius 1 is 1.22 bits per heavy atom. The fourth-order valence-corrected chi connectivity index (χ4v) is 2.48. The van der Waals surface area contributed by atoms with E-state index in [1.807, 2.05) is 0 Å². The van der Waals surface area contributed by atoms with Crippen molar-refractivity contribution in [1.82, 2.24) is 10.1 Å². The van der Waals surface area contributed by atoms with Crippen LogP contribution in [0, 0.1) is 12.7 Å². The van der Waals surface area contributed by atoms with Crippen LogP contribution in [0.1, 0.15) is 30.1 Å². The number of amides is 1. The molecule has 0 fully saturated rings. The lowest BCUT2D eigenvalue weighted by Gasteiger charge is -2.09. The normalized spacial score (nSPS) is 10.6. The van der Waals surface area contributed by atoms with Gasteiger partial charge in [-0.2, -0.15) is 4.98 Å². The zero-order valence-corrected chi connectivity index (χ0v) is 14.9. The van der Waals surface area contributed by atoms with Gasteiger partial charge in [0.15, 0.2) is 5.82 Å². The molecule has 0 bridgehead atoms. The Balaban J connectivity index is 1.46. The third-order valence-electron chi connectivity index (χ3n) is 3.80. The maximum atomic E-state index is 12.9. The molecule has 0 aliphatic rings. The van der Waals surface area contributed by atoms with Gasteiger partial charge in [0.05, 0.1) is 0 Å². The summed E-state index contributed by atoms with van der Waals surface area (Å²) in [5.41, 5.74) is 1.52. The number of nitrogens with zero attached hydrogens (tertiary/aromatic N) is 2. The predicted octanol–water partition coefficient (Wildman–Crippen LogP) is 4.06. The molecule has 0 unspecified atom stereocenters. The second-order valence-electron chi connectivity index (χ2n) is 6.08. The van der Waals surface area contributed by atoms with Crippen molar-refractivity contribution in [1.29, 1.82) is 0 Å². The van der Waals surface area contributed by atoms with Crippen molar-refractivity contribution >= 4 is 11.6 Å². The summed E-state index contributed by atoms with van der Waals surface area (Å²) in [5.74, 6) is 1.38. The van der Waals surface area contributed by atoms with Crippen LogP contribution in [-0.4, -0.2) is 16.0 Å². The zero-order chi connectivity index (χ0) is 19.1. The molecule has 0 saturated heterocycles. The lowest BCUT2D eigenvalue weighted by Crippen LogP contribution is -2.11. The molecule has 0 spiro atoms. The number of anilines is 1. The Kier molecular flexibility index (Phi) is 6.14. The van der Waals surface area contributed by atoms with Crippen molar-refractivity contribution in [3.05, 3.63) is 71.6 Å². The Labute approximate surface area is 156 Å². The average Bonchev–Trinajstić information content (AvgIpc) is 3.07. The van der Waals surface area contributed by atoms with Crippen molar-refractivity contribution in [2.45, 2.75) is 32.8 Å². The summed E-state index contributed by atoms with van der Waals surface area (Å²) in [5, 5.41) is 6.56. The number of hydrogen-bond acceptors (Lipinski definition) is 5. The summed E-state index contributed by atoms with van der Waals surface area (Å²) in [7, 11) is 0. The monoisotopic (exact) mass is 369 g/mol. The molecule has 1 aromatic heterocycles. The van der Waals surface area contributed by atoms with E-state index in [1.54, 1.807) is 43.3 Å². The number of aryl methyl sites for hydroxylation is 2. The van der Waals surface area contributed by atoms with E-state index in [4.69, 9.17) is 9.26 Å². The van der Waals surface area contributed by atoms with Gasteiger partial charge in [-0.05, 0) is 43.2 Å². The first kappa shape index (κ1) is 18.6. The highest BCUT2D eigenvalue weighted by atomic mass is 19.1. The molecular weight excluding hydrogens is 349 g/mol. The van der Waals surface area contributed by atoms with Gasteiger partial charge in [-0.15, -0.1) is 0 Å². The molecule has 7 heteroatoms. The van der Waals surface area contributed by atoms with E-state index < -0.39 is 0 Å². The van der Waals surface area contributed by atoms with Gasteiger partial charge in [0.25, 0.3) is 0 Å². The molecule has 0 aliphatic heterocycles. The number of carbonyl (C=O) groups excluding carboxylic acids is 1. The first-order chi connectivity index (χ1) is 13.1. The van der Waals surface area contributed by atoms with Gasteiger partial charge < -0.3 is 14.6 Å². The maximum absolute atomic E-state index is 12.9. The Morgan fingerprint density at radius 2 is 2.04 bits per heavy atom. The molecule has 1 N–H and O–H groups in total. The highest BCUT2D eigenvalue weighted by Crippen LogP contribution is 2.19. The molecule has 0 aliphatic carbocycles. The SMILES string of the molecule is Cc1noc(CCCC(=O)Nc2cccc(OCc3ccc(F)cc3)c2)n1. The van der Waals surface area contributed by atoms with Gasteiger partial charge in [-0.1, -0.05) is 23.4 Å². The summed E-state index contributed by atoms with van der Waals surface area (Å²) in [6.45, 7) is 2.08. The molecule has 27 heavy (non-hydrogen) atoms. The average molecular weight is 369 g/mol. The fraction of sp³-hybridized carbons (Fsp3) is 0.250. The van der Waals surface area contributed by atoms with Crippen molar-refractivity contribution in [2.75, 3.05) is 5.32 Å². The lowest BCUT2D eigenvalue weighted by atomic mass is 10.2. The van der Waals surface area contributed by atoms with Crippen LogP contribution in [0.25, 0.3) is 0 Å². The molecule has 6 nitrogen and oxygen atoms in total. The standard InChI is InChI=1S/C20H20FN3O3/c1-14-22-20(27-24-14)7-3-6-19(25)23-17-4-2-5-18(12-17)26-13-15-8-10-16(21)11-9-15/h2,4-5,8-12H,3,6-7,13H2,1H3,(H,23,25). The van der Waals surface area contributed by atoms with Crippen LogP contribution < -0.4 is 10.1 Å².